The van der Waals surface area contributed by atoms with Crippen molar-refractivity contribution in [2.45, 2.75) is 13.1 Å². The molecule has 0 radical (unpaired) electrons. The molecule has 0 saturated carbocycles. The Bertz CT molecular complexity index is 2050. The standard InChI is InChI=1S/C39H36N6O3/c1-44(2)25-28-14-17-31(18-15-28)42-36(30-11-4-3-5-12-30)35-32-19-16-27(23-34(32)43-38(35)47)9-7-21-41-37(46)33-13-8-22-45(39(33)48)26-29-10-6-20-40-24-29/h3-20,22-24,42H,21,25-26H2,1-2H3,(H,41,46)(H,43,47)/b9-7+,36-35?. The largest absolute Gasteiger partial charge is 0.354 e. The van der Waals surface area contributed by atoms with E-state index in [1.165, 1.54) is 16.2 Å². The number of pyridine rings is 2. The van der Waals surface area contributed by atoms with Crippen LogP contribution in [0.1, 0.15) is 38.2 Å². The molecule has 2 aromatic heterocycles. The number of carbonyl (C=O) groups excluding carboxylic acids is 2. The van der Waals surface area contributed by atoms with Crippen molar-refractivity contribution in [3.63, 3.8) is 0 Å². The molecule has 1 aliphatic heterocycles. The Labute approximate surface area is 279 Å². The van der Waals surface area contributed by atoms with Gasteiger partial charge in [0.15, 0.2) is 0 Å². The maximum absolute atomic E-state index is 13.4. The second-order valence-electron chi connectivity index (χ2n) is 11.8. The quantitative estimate of drug-likeness (QED) is 0.160. The number of anilines is 2. The predicted octanol–water partition coefficient (Wildman–Crippen LogP) is 5.73. The second kappa shape index (κ2) is 14.6. The molecular weight excluding hydrogens is 600 g/mol. The van der Waals surface area contributed by atoms with E-state index in [9.17, 15) is 14.4 Å². The number of hydrogen-bond acceptors (Lipinski definition) is 6. The molecule has 0 saturated heterocycles. The van der Waals surface area contributed by atoms with Gasteiger partial charge in [-0.05, 0) is 72.7 Å². The molecule has 0 unspecified atom stereocenters. The number of carbonyl (C=O) groups is 2. The van der Waals surface area contributed by atoms with Crippen LogP contribution >= 0.6 is 0 Å². The third kappa shape index (κ3) is 7.49. The Kier molecular flexibility index (Phi) is 9.69. The molecule has 2 amide bonds. The Morgan fingerprint density at radius 2 is 1.73 bits per heavy atom. The van der Waals surface area contributed by atoms with Gasteiger partial charge < -0.3 is 25.4 Å². The first kappa shape index (κ1) is 31.9. The molecule has 240 valence electrons. The van der Waals surface area contributed by atoms with Gasteiger partial charge in [-0.15, -0.1) is 0 Å². The summed E-state index contributed by atoms with van der Waals surface area (Å²) in [5.74, 6) is -0.638. The topological polar surface area (TPSA) is 108 Å². The first-order chi connectivity index (χ1) is 23.4. The molecule has 0 aliphatic carbocycles. The summed E-state index contributed by atoms with van der Waals surface area (Å²) >= 11 is 0. The second-order valence-corrected chi connectivity index (χ2v) is 11.8. The fourth-order valence-corrected chi connectivity index (χ4v) is 5.59. The molecule has 0 fully saturated rings. The van der Waals surface area contributed by atoms with Crippen molar-refractivity contribution in [2.24, 2.45) is 0 Å². The zero-order chi connectivity index (χ0) is 33.5. The fourth-order valence-electron chi connectivity index (χ4n) is 5.59. The zero-order valence-electron chi connectivity index (χ0n) is 26.8. The molecule has 1 aliphatic rings. The van der Waals surface area contributed by atoms with Crippen LogP contribution in [0, 0.1) is 0 Å². The van der Waals surface area contributed by atoms with Crippen LogP contribution in [0.25, 0.3) is 17.3 Å². The molecule has 9 heteroatoms. The van der Waals surface area contributed by atoms with Crippen molar-refractivity contribution in [2.75, 3.05) is 31.3 Å². The molecular formula is C39H36N6O3. The van der Waals surface area contributed by atoms with Crippen LogP contribution in [0.4, 0.5) is 11.4 Å². The van der Waals surface area contributed by atoms with Crippen molar-refractivity contribution in [3.05, 3.63) is 165 Å². The third-order valence-corrected chi connectivity index (χ3v) is 7.85. The lowest BCUT2D eigenvalue weighted by molar-refractivity contribution is -0.110. The first-order valence-corrected chi connectivity index (χ1v) is 15.6. The molecule has 9 nitrogen and oxygen atoms in total. The minimum absolute atomic E-state index is 0.0710. The number of hydrogen-bond donors (Lipinski definition) is 3. The summed E-state index contributed by atoms with van der Waals surface area (Å²) in [5.41, 5.74) is 7.19. The maximum Gasteiger partial charge on any atom is 0.263 e. The van der Waals surface area contributed by atoms with E-state index >= 15 is 0 Å². The number of nitrogens with one attached hydrogen (secondary N) is 3. The van der Waals surface area contributed by atoms with Gasteiger partial charge in [-0.3, -0.25) is 19.4 Å². The smallest absolute Gasteiger partial charge is 0.263 e. The van der Waals surface area contributed by atoms with E-state index in [0.29, 0.717) is 17.8 Å². The minimum atomic E-state index is -0.450. The van der Waals surface area contributed by atoms with E-state index in [4.69, 9.17) is 0 Å². The highest BCUT2D eigenvalue weighted by atomic mass is 16.2. The summed E-state index contributed by atoms with van der Waals surface area (Å²) in [7, 11) is 4.07. The third-order valence-electron chi connectivity index (χ3n) is 7.85. The van der Waals surface area contributed by atoms with E-state index in [1.54, 1.807) is 36.8 Å². The minimum Gasteiger partial charge on any atom is -0.354 e. The SMILES string of the molecule is CN(C)Cc1ccc(NC(=C2C(=O)Nc3cc(/C=C/CNC(=O)c4cccn(Cc5cccnc5)c4=O)ccc32)c2ccccc2)cc1. The molecule has 48 heavy (non-hydrogen) atoms. The first-order valence-electron chi connectivity index (χ1n) is 15.6. The fraction of sp³-hybridized carbons (Fsp3) is 0.128. The average Bonchev–Trinajstić information content (AvgIpc) is 3.42. The van der Waals surface area contributed by atoms with Crippen LogP contribution in [0.15, 0.2) is 127 Å². The highest BCUT2D eigenvalue weighted by Crippen LogP contribution is 2.38. The van der Waals surface area contributed by atoms with Gasteiger partial charge in [0, 0.05) is 48.6 Å². The van der Waals surface area contributed by atoms with Crippen molar-refractivity contribution < 1.29 is 9.59 Å². The summed E-state index contributed by atoms with van der Waals surface area (Å²) in [6.45, 7) is 1.39. The molecule has 0 spiro atoms. The van der Waals surface area contributed by atoms with Crippen molar-refractivity contribution in [1.82, 2.24) is 19.8 Å². The Morgan fingerprint density at radius 1 is 0.917 bits per heavy atom. The van der Waals surface area contributed by atoms with Gasteiger partial charge in [-0.1, -0.05) is 72.8 Å². The molecule has 3 heterocycles. The van der Waals surface area contributed by atoms with Crippen LogP contribution in [-0.2, 0) is 17.9 Å². The van der Waals surface area contributed by atoms with E-state index in [1.807, 2.05) is 86.9 Å². The van der Waals surface area contributed by atoms with Gasteiger partial charge >= 0.3 is 0 Å². The summed E-state index contributed by atoms with van der Waals surface area (Å²) in [6.07, 6.45) is 8.69. The summed E-state index contributed by atoms with van der Waals surface area (Å²) in [5, 5.41) is 9.34. The lowest BCUT2D eigenvalue weighted by atomic mass is 9.99. The van der Waals surface area contributed by atoms with E-state index in [0.717, 1.165) is 40.2 Å². The average molecular weight is 637 g/mol. The van der Waals surface area contributed by atoms with Gasteiger partial charge in [0.1, 0.15) is 5.56 Å². The lowest BCUT2D eigenvalue weighted by Gasteiger charge is -2.16. The number of amides is 2. The normalized spacial score (nSPS) is 13.4. The Morgan fingerprint density at radius 3 is 2.48 bits per heavy atom. The predicted molar refractivity (Wildman–Crippen MR) is 191 cm³/mol. The Hall–Kier alpha value is -6.06. The molecule has 5 aromatic rings. The monoisotopic (exact) mass is 636 g/mol. The van der Waals surface area contributed by atoms with Crippen LogP contribution in [-0.4, -0.2) is 46.9 Å². The van der Waals surface area contributed by atoms with Gasteiger partial charge in [-0.2, -0.15) is 0 Å². The van der Waals surface area contributed by atoms with Gasteiger partial charge in [0.2, 0.25) is 0 Å². The van der Waals surface area contributed by atoms with Gasteiger partial charge in [0.05, 0.1) is 17.8 Å². The molecule has 3 N–H and O–H groups in total. The highest BCUT2D eigenvalue weighted by molar-refractivity contribution is 6.37. The summed E-state index contributed by atoms with van der Waals surface area (Å²) < 4.78 is 1.49. The number of aromatic nitrogens is 2. The van der Waals surface area contributed by atoms with Crippen molar-refractivity contribution >= 4 is 40.5 Å². The summed E-state index contributed by atoms with van der Waals surface area (Å²) in [4.78, 5) is 45.4. The van der Waals surface area contributed by atoms with Gasteiger partial charge in [-0.25, -0.2) is 0 Å². The highest BCUT2D eigenvalue weighted by Gasteiger charge is 2.28. The van der Waals surface area contributed by atoms with E-state index in [2.05, 4.69) is 38.0 Å². The van der Waals surface area contributed by atoms with Gasteiger partial charge in [0.25, 0.3) is 17.4 Å². The maximum atomic E-state index is 13.4. The number of benzene rings is 3. The number of nitrogens with zero attached hydrogens (tertiary/aromatic N) is 3. The molecule has 0 bridgehead atoms. The number of fused-ring (bicyclic) bond motifs is 1. The van der Waals surface area contributed by atoms with Crippen molar-refractivity contribution in [1.29, 1.82) is 0 Å². The zero-order valence-corrected chi connectivity index (χ0v) is 26.8. The lowest BCUT2D eigenvalue weighted by Crippen LogP contribution is -2.33. The van der Waals surface area contributed by atoms with Crippen molar-refractivity contribution in [3.8, 4) is 0 Å². The van der Waals surface area contributed by atoms with Crippen LogP contribution in [0.2, 0.25) is 0 Å². The molecule has 6 rings (SSSR count). The Balaban J connectivity index is 1.17. The number of rotatable bonds is 11. The van der Waals surface area contributed by atoms with Crippen LogP contribution in [0.5, 0.6) is 0 Å². The van der Waals surface area contributed by atoms with Crippen LogP contribution in [0.3, 0.4) is 0 Å². The van der Waals surface area contributed by atoms with E-state index in [-0.39, 0.29) is 23.6 Å². The summed E-state index contributed by atoms with van der Waals surface area (Å²) in [6, 6.07) is 30.7. The molecule has 0 atom stereocenters. The molecule has 3 aromatic carbocycles. The van der Waals surface area contributed by atoms with E-state index < -0.39 is 5.91 Å². The van der Waals surface area contributed by atoms with Crippen LogP contribution < -0.4 is 21.5 Å².